The molecule has 0 aromatic heterocycles. The van der Waals surface area contributed by atoms with Crippen molar-refractivity contribution in [1.82, 2.24) is 0 Å². The van der Waals surface area contributed by atoms with Gasteiger partial charge in [-0.3, -0.25) is 9.35 Å². The first-order valence-corrected chi connectivity index (χ1v) is 6.18. The maximum absolute atomic E-state index is 11.9. The predicted molar refractivity (Wildman–Crippen MR) is 50.4 cm³/mol. The first-order valence-electron chi connectivity index (χ1n) is 4.74. The van der Waals surface area contributed by atoms with Crippen LogP contribution in [0.3, 0.4) is 0 Å². The summed E-state index contributed by atoms with van der Waals surface area (Å²) in [4.78, 5) is 11.9. The molecule has 0 unspecified atom stereocenters. The van der Waals surface area contributed by atoms with Gasteiger partial charge in [0.25, 0.3) is 10.1 Å². The van der Waals surface area contributed by atoms with E-state index in [9.17, 15) is 13.2 Å². The van der Waals surface area contributed by atoms with Crippen LogP contribution < -0.4 is 0 Å². The fourth-order valence-electron chi connectivity index (χ4n) is 2.96. The van der Waals surface area contributed by atoms with E-state index in [1.807, 2.05) is 0 Å². The average molecular weight is 218 g/mol. The predicted octanol–water partition coefficient (Wildman–Crippen LogP) is 1.02. The summed E-state index contributed by atoms with van der Waals surface area (Å²) in [6.45, 7) is 3.54. The van der Waals surface area contributed by atoms with Crippen LogP contribution in [0.2, 0.25) is 0 Å². The molecule has 14 heavy (non-hydrogen) atoms. The number of rotatable bonds is 1. The minimum Gasteiger partial charge on any atom is -0.297 e. The fraction of sp³-hybridized carbons (Fsp3) is 0.889. The second-order valence-electron chi connectivity index (χ2n) is 4.96. The molecule has 80 valence electrons. The van der Waals surface area contributed by atoms with E-state index in [1.165, 1.54) is 0 Å². The smallest absolute Gasteiger partial charge is 0.277 e. The zero-order valence-corrected chi connectivity index (χ0v) is 9.10. The molecule has 2 aliphatic carbocycles. The molecule has 1 N–H and O–H groups in total. The van der Waals surface area contributed by atoms with Crippen molar-refractivity contribution >= 4 is 15.9 Å². The summed E-state index contributed by atoms with van der Waals surface area (Å²) in [5, 5.41) is 0. The first-order chi connectivity index (χ1) is 6.22. The summed E-state index contributed by atoms with van der Waals surface area (Å²) in [7, 11) is -4.24. The first kappa shape index (κ1) is 10.1. The van der Waals surface area contributed by atoms with Crippen LogP contribution in [0.15, 0.2) is 0 Å². The molecule has 0 spiro atoms. The normalized spacial score (nSPS) is 40.5. The summed E-state index contributed by atoms with van der Waals surface area (Å²) in [6, 6.07) is 0. The van der Waals surface area contributed by atoms with E-state index in [-0.39, 0.29) is 11.7 Å². The van der Waals surface area contributed by atoms with Gasteiger partial charge in [0.15, 0.2) is 10.5 Å². The van der Waals surface area contributed by atoms with Crippen LogP contribution in [0, 0.1) is 11.3 Å². The number of fused-ring (bicyclic) bond motifs is 2. The van der Waals surface area contributed by atoms with E-state index in [0.717, 1.165) is 6.42 Å². The van der Waals surface area contributed by atoms with Gasteiger partial charge in [-0.05, 0) is 25.2 Å². The number of ketones is 1. The molecule has 0 aromatic rings. The topological polar surface area (TPSA) is 71.4 Å². The van der Waals surface area contributed by atoms with E-state index in [4.69, 9.17) is 4.55 Å². The highest BCUT2D eigenvalue weighted by molar-refractivity contribution is 7.88. The standard InChI is InChI=1S/C9H14O4S/c1-8(2)6-3-4-9(5-6,7(8)10)14(11,12)13/h6H,3-5H2,1-2H3,(H,11,12,13)/t6-,9-/m1/s1. The Labute approximate surface area is 83.4 Å². The zero-order valence-electron chi connectivity index (χ0n) is 8.28. The van der Waals surface area contributed by atoms with Gasteiger partial charge in [0.2, 0.25) is 0 Å². The minimum atomic E-state index is -4.24. The SMILES string of the molecule is CC1(C)C(=O)[C@@]2(S(=O)(=O)O)CC[C@@H]1C2. The van der Waals surface area contributed by atoms with Gasteiger partial charge in [-0.15, -0.1) is 0 Å². The number of Topliss-reactive ketones (excluding diaryl/α,β-unsaturated/α-hetero) is 1. The maximum Gasteiger partial charge on any atom is 0.277 e. The Morgan fingerprint density at radius 2 is 2.00 bits per heavy atom. The molecule has 2 fully saturated rings. The molecule has 5 heteroatoms. The van der Waals surface area contributed by atoms with Gasteiger partial charge in [0.05, 0.1) is 0 Å². The summed E-state index contributed by atoms with van der Waals surface area (Å²) < 4.78 is 30.2. The van der Waals surface area contributed by atoms with E-state index >= 15 is 0 Å². The molecular formula is C9H14O4S. The van der Waals surface area contributed by atoms with Gasteiger partial charge < -0.3 is 0 Å². The van der Waals surface area contributed by atoms with E-state index in [0.29, 0.717) is 12.8 Å². The lowest BCUT2D eigenvalue weighted by Crippen LogP contribution is -2.47. The molecule has 2 rings (SSSR count). The van der Waals surface area contributed by atoms with Gasteiger partial charge in [0.1, 0.15) is 0 Å². The van der Waals surface area contributed by atoms with Crippen molar-refractivity contribution in [3.8, 4) is 0 Å². The molecule has 0 saturated heterocycles. The van der Waals surface area contributed by atoms with Crippen LogP contribution in [-0.2, 0) is 14.9 Å². The molecule has 0 radical (unpaired) electrons. The molecule has 0 heterocycles. The molecular weight excluding hydrogens is 204 g/mol. The number of hydrogen-bond acceptors (Lipinski definition) is 3. The van der Waals surface area contributed by atoms with Crippen LogP contribution in [0.1, 0.15) is 33.1 Å². The van der Waals surface area contributed by atoms with Crippen LogP contribution in [0.5, 0.6) is 0 Å². The molecule has 0 amide bonds. The number of hydrogen-bond donors (Lipinski definition) is 1. The average Bonchev–Trinajstić information content (AvgIpc) is 2.51. The Bertz CT molecular complexity index is 395. The Morgan fingerprint density at radius 3 is 2.29 bits per heavy atom. The Morgan fingerprint density at radius 1 is 1.43 bits per heavy atom. The number of carbonyl (C=O) groups is 1. The third kappa shape index (κ3) is 0.918. The van der Waals surface area contributed by atoms with Gasteiger partial charge in [-0.25, -0.2) is 0 Å². The summed E-state index contributed by atoms with van der Waals surface area (Å²) in [6.07, 6.45) is 1.31. The van der Waals surface area contributed by atoms with E-state index < -0.39 is 20.3 Å². The van der Waals surface area contributed by atoms with Crippen molar-refractivity contribution in [1.29, 1.82) is 0 Å². The van der Waals surface area contributed by atoms with Gasteiger partial charge >= 0.3 is 0 Å². The minimum absolute atomic E-state index is 0.108. The highest BCUT2D eigenvalue weighted by Crippen LogP contribution is 2.58. The van der Waals surface area contributed by atoms with Crippen molar-refractivity contribution in [2.45, 2.75) is 37.9 Å². The Kier molecular flexibility index (Phi) is 1.72. The second kappa shape index (κ2) is 2.39. The lowest BCUT2D eigenvalue weighted by molar-refractivity contribution is -0.129. The third-order valence-electron chi connectivity index (χ3n) is 3.99. The molecule has 2 atom stereocenters. The largest absolute Gasteiger partial charge is 0.297 e. The molecule has 0 aliphatic heterocycles. The lowest BCUT2D eigenvalue weighted by Gasteiger charge is -2.31. The lowest BCUT2D eigenvalue weighted by atomic mass is 9.75. The summed E-state index contributed by atoms with van der Waals surface area (Å²) in [5.74, 6) is -0.194. The Balaban J connectivity index is 2.57. The van der Waals surface area contributed by atoms with Crippen molar-refractivity contribution in [2.24, 2.45) is 11.3 Å². The van der Waals surface area contributed by atoms with Gasteiger partial charge in [0, 0.05) is 5.41 Å². The third-order valence-corrected chi connectivity index (χ3v) is 5.53. The van der Waals surface area contributed by atoms with Gasteiger partial charge in [-0.2, -0.15) is 8.42 Å². The van der Waals surface area contributed by atoms with Gasteiger partial charge in [-0.1, -0.05) is 13.8 Å². The van der Waals surface area contributed by atoms with E-state index in [1.54, 1.807) is 13.8 Å². The molecule has 2 saturated carbocycles. The monoisotopic (exact) mass is 218 g/mol. The molecule has 0 aromatic carbocycles. The van der Waals surface area contributed by atoms with Crippen molar-refractivity contribution in [2.75, 3.05) is 0 Å². The highest BCUT2D eigenvalue weighted by Gasteiger charge is 2.67. The molecule has 4 nitrogen and oxygen atoms in total. The van der Waals surface area contributed by atoms with Crippen LogP contribution in [-0.4, -0.2) is 23.5 Å². The fourth-order valence-corrected chi connectivity index (χ4v) is 4.24. The number of carbonyl (C=O) groups excluding carboxylic acids is 1. The Hall–Kier alpha value is -0.420. The van der Waals surface area contributed by atoms with Crippen LogP contribution in [0.4, 0.5) is 0 Å². The maximum atomic E-state index is 11.9. The zero-order chi connectivity index (χ0) is 10.8. The quantitative estimate of drug-likeness (QED) is 0.667. The van der Waals surface area contributed by atoms with Crippen LogP contribution >= 0.6 is 0 Å². The molecule has 2 bridgehead atoms. The molecule has 2 aliphatic rings. The van der Waals surface area contributed by atoms with E-state index in [2.05, 4.69) is 0 Å². The van der Waals surface area contributed by atoms with Crippen molar-refractivity contribution < 1.29 is 17.8 Å². The summed E-state index contributed by atoms with van der Waals surface area (Å²) >= 11 is 0. The van der Waals surface area contributed by atoms with Crippen LogP contribution in [0.25, 0.3) is 0 Å². The highest BCUT2D eigenvalue weighted by atomic mass is 32.2. The van der Waals surface area contributed by atoms with Crippen molar-refractivity contribution in [3.63, 3.8) is 0 Å². The second-order valence-corrected chi connectivity index (χ2v) is 6.69. The summed E-state index contributed by atoms with van der Waals surface area (Å²) in [5.41, 5.74) is -0.589. The van der Waals surface area contributed by atoms with Crippen molar-refractivity contribution in [3.05, 3.63) is 0 Å².